The van der Waals surface area contributed by atoms with Crippen molar-refractivity contribution >= 4 is 11.7 Å². The molecule has 1 aliphatic heterocycles. The van der Waals surface area contributed by atoms with E-state index < -0.39 is 0 Å². The summed E-state index contributed by atoms with van der Waals surface area (Å²) in [6.07, 6.45) is 1.82. The van der Waals surface area contributed by atoms with Crippen LogP contribution in [0.5, 0.6) is 11.5 Å². The lowest BCUT2D eigenvalue weighted by Crippen LogP contribution is -2.25. The molecule has 2 aromatic carbocycles. The van der Waals surface area contributed by atoms with Crippen LogP contribution < -0.4 is 10.1 Å². The normalized spacial score (nSPS) is 15.2. The summed E-state index contributed by atoms with van der Waals surface area (Å²) < 4.78 is 6.80. The first-order valence-electron chi connectivity index (χ1n) is 10.1. The summed E-state index contributed by atoms with van der Waals surface area (Å²) in [5.74, 6) is 1.22. The molecule has 32 heavy (non-hydrogen) atoms. The fourth-order valence-electron chi connectivity index (χ4n) is 4.02. The predicted octanol–water partition coefficient (Wildman–Crippen LogP) is 3.22. The number of carbonyl (C=O) groups is 1. The van der Waals surface area contributed by atoms with Crippen LogP contribution >= 0.6 is 0 Å². The SMILES string of the molecule is COc1cccc(-c2cnnc(-n3nc(C)c4c3NC(=O)C[C@H]4c3cccc(O)c3)n2)c1. The second-order valence-electron chi connectivity index (χ2n) is 7.53. The molecule has 1 aliphatic rings. The molecule has 0 aliphatic carbocycles. The highest BCUT2D eigenvalue weighted by atomic mass is 16.5. The molecule has 2 aromatic heterocycles. The zero-order valence-corrected chi connectivity index (χ0v) is 17.5. The van der Waals surface area contributed by atoms with E-state index >= 15 is 0 Å². The van der Waals surface area contributed by atoms with Crippen molar-refractivity contribution in [1.29, 1.82) is 0 Å². The van der Waals surface area contributed by atoms with Gasteiger partial charge in [0.1, 0.15) is 17.3 Å². The standard InChI is InChI=1S/C23H20N6O3/c1-13-21-18(14-5-3-7-16(30)9-14)11-20(31)26-22(21)29(28-13)23-25-19(12-24-27-23)15-6-4-8-17(10-15)32-2/h3-10,12,18,30H,11H2,1-2H3,(H,26,31)/t18-/m0/s1. The lowest BCUT2D eigenvalue weighted by molar-refractivity contribution is -0.116. The number of phenolic OH excluding ortho intramolecular Hbond substituents is 1. The van der Waals surface area contributed by atoms with E-state index in [2.05, 4.69) is 25.6 Å². The monoisotopic (exact) mass is 428 g/mol. The predicted molar refractivity (Wildman–Crippen MR) is 117 cm³/mol. The molecule has 3 heterocycles. The Kier molecular flexibility index (Phi) is 4.78. The number of nitrogens with one attached hydrogen (secondary N) is 1. The fourth-order valence-corrected chi connectivity index (χ4v) is 4.02. The van der Waals surface area contributed by atoms with E-state index in [1.165, 1.54) is 4.68 Å². The highest BCUT2D eigenvalue weighted by molar-refractivity contribution is 5.95. The number of aryl methyl sites for hydroxylation is 1. The lowest BCUT2D eigenvalue weighted by Gasteiger charge is -2.24. The number of methoxy groups -OCH3 is 1. The molecule has 1 atom stereocenters. The van der Waals surface area contributed by atoms with E-state index in [1.54, 1.807) is 31.5 Å². The van der Waals surface area contributed by atoms with Gasteiger partial charge in [-0.05, 0) is 36.8 Å². The smallest absolute Gasteiger partial charge is 0.272 e. The molecular weight excluding hydrogens is 408 g/mol. The van der Waals surface area contributed by atoms with Crippen molar-refractivity contribution in [3.05, 3.63) is 71.5 Å². The Morgan fingerprint density at radius 3 is 2.84 bits per heavy atom. The number of amides is 1. The van der Waals surface area contributed by atoms with Gasteiger partial charge < -0.3 is 15.2 Å². The molecule has 0 fully saturated rings. The van der Waals surface area contributed by atoms with Crippen LogP contribution in [0.15, 0.2) is 54.7 Å². The number of benzene rings is 2. The number of anilines is 1. The second kappa shape index (κ2) is 7.77. The second-order valence-corrected chi connectivity index (χ2v) is 7.53. The van der Waals surface area contributed by atoms with Crippen LogP contribution in [0.4, 0.5) is 5.82 Å². The summed E-state index contributed by atoms with van der Waals surface area (Å²) in [4.78, 5) is 17.2. The van der Waals surface area contributed by atoms with E-state index in [1.807, 2.05) is 37.3 Å². The van der Waals surface area contributed by atoms with Crippen LogP contribution in [0.2, 0.25) is 0 Å². The van der Waals surface area contributed by atoms with Gasteiger partial charge >= 0.3 is 0 Å². The van der Waals surface area contributed by atoms with Crippen molar-refractivity contribution in [2.24, 2.45) is 0 Å². The number of hydrogen-bond acceptors (Lipinski definition) is 7. The van der Waals surface area contributed by atoms with Gasteiger partial charge in [-0.1, -0.05) is 24.3 Å². The number of aromatic hydroxyl groups is 1. The minimum atomic E-state index is -0.242. The Morgan fingerprint density at radius 2 is 2.03 bits per heavy atom. The van der Waals surface area contributed by atoms with Gasteiger partial charge in [0.15, 0.2) is 0 Å². The van der Waals surface area contributed by atoms with Crippen molar-refractivity contribution < 1.29 is 14.6 Å². The van der Waals surface area contributed by atoms with Gasteiger partial charge in [0.2, 0.25) is 5.91 Å². The number of aromatic nitrogens is 5. The highest BCUT2D eigenvalue weighted by Crippen LogP contribution is 2.40. The van der Waals surface area contributed by atoms with Gasteiger partial charge in [0.05, 0.1) is 24.7 Å². The van der Waals surface area contributed by atoms with E-state index in [0.29, 0.717) is 17.3 Å². The maximum Gasteiger partial charge on any atom is 0.272 e. The Balaban J connectivity index is 1.61. The average Bonchev–Trinajstić information content (AvgIpc) is 3.14. The first-order valence-corrected chi connectivity index (χ1v) is 10.1. The molecule has 5 rings (SSSR count). The van der Waals surface area contributed by atoms with Crippen LogP contribution in [0, 0.1) is 6.92 Å². The fraction of sp³-hybridized carbons (Fsp3) is 0.174. The molecule has 0 spiro atoms. The molecule has 9 nitrogen and oxygen atoms in total. The summed E-state index contributed by atoms with van der Waals surface area (Å²) in [7, 11) is 1.60. The molecule has 160 valence electrons. The number of fused-ring (bicyclic) bond motifs is 1. The van der Waals surface area contributed by atoms with Crippen LogP contribution in [-0.2, 0) is 4.79 Å². The van der Waals surface area contributed by atoms with Crippen LogP contribution in [-0.4, -0.2) is 43.1 Å². The Labute approximate surface area is 183 Å². The maximum absolute atomic E-state index is 12.6. The van der Waals surface area contributed by atoms with Crippen molar-refractivity contribution in [3.63, 3.8) is 0 Å². The first-order chi connectivity index (χ1) is 15.5. The Morgan fingerprint density at radius 1 is 1.19 bits per heavy atom. The van der Waals surface area contributed by atoms with Crippen molar-refractivity contribution in [2.45, 2.75) is 19.3 Å². The van der Waals surface area contributed by atoms with Gasteiger partial charge in [-0.2, -0.15) is 14.9 Å². The summed E-state index contributed by atoms with van der Waals surface area (Å²) >= 11 is 0. The van der Waals surface area contributed by atoms with Crippen LogP contribution in [0.3, 0.4) is 0 Å². The quantitative estimate of drug-likeness (QED) is 0.513. The number of nitrogens with zero attached hydrogens (tertiary/aromatic N) is 5. The molecule has 1 amide bonds. The molecule has 0 bridgehead atoms. The van der Waals surface area contributed by atoms with E-state index in [-0.39, 0.29) is 29.9 Å². The third-order valence-corrected chi connectivity index (χ3v) is 5.48. The minimum absolute atomic E-state index is 0.149. The Hall–Kier alpha value is -4.27. The van der Waals surface area contributed by atoms with Crippen molar-refractivity contribution in [2.75, 3.05) is 12.4 Å². The largest absolute Gasteiger partial charge is 0.508 e. The Bertz CT molecular complexity index is 1330. The topological polar surface area (TPSA) is 115 Å². The third-order valence-electron chi connectivity index (χ3n) is 5.48. The van der Waals surface area contributed by atoms with E-state index in [9.17, 15) is 9.90 Å². The number of ether oxygens (including phenoxy) is 1. The summed E-state index contributed by atoms with van der Waals surface area (Å²) in [6, 6.07) is 14.4. The summed E-state index contributed by atoms with van der Waals surface area (Å²) in [5, 5.41) is 25.7. The summed E-state index contributed by atoms with van der Waals surface area (Å²) in [5.41, 5.74) is 3.87. The molecule has 0 saturated heterocycles. The molecule has 0 radical (unpaired) electrons. The van der Waals surface area contributed by atoms with Gasteiger partial charge in [-0.15, -0.1) is 5.10 Å². The van der Waals surface area contributed by atoms with Crippen molar-refractivity contribution in [3.8, 4) is 28.7 Å². The van der Waals surface area contributed by atoms with E-state index in [0.717, 1.165) is 22.4 Å². The average molecular weight is 428 g/mol. The number of phenols is 1. The van der Waals surface area contributed by atoms with Gasteiger partial charge in [0.25, 0.3) is 5.95 Å². The third kappa shape index (κ3) is 3.43. The van der Waals surface area contributed by atoms with E-state index in [4.69, 9.17) is 4.74 Å². The number of carbonyl (C=O) groups excluding carboxylic acids is 1. The van der Waals surface area contributed by atoms with Crippen LogP contribution in [0.25, 0.3) is 17.2 Å². The van der Waals surface area contributed by atoms with Crippen LogP contribution in [0.1, 0.15) is 29.2 Å². The number of rotatable bonds is 4. The molecule has 2 N–H and O–H groups in total. The molecule has 0 unspecified atom stereocenters. The molecular formula is C23H20N6O3. The van der Waals surface area contributed by atoms with Gasteiger partial charge in [0, 0.05) is 23.5 Å². The molecule has 4 aromatic rings. The van der Waals surface area contributed by atoms with Gasteiger partial charge in [-0.3, -0.25) is 4.79 Å². The maximum atomic E-state index is 12.6. The zero-order valence-electron chi connectivity index (χ0n) is 17.5. The highest BCUT2D eigenvalue weighted by Gasteiger charge is 2.33. The summed E-state index contributed by atoms with van der Waals surface area (Å²) in [6.45, 7) is 1.88. The lowest BCUT2D eigenvalue weighted by atomic mass is 9.86. The minimum Gasteiger partial charge on any atom is -0.508 e. The zero-order chi connectivity index (χ0) is 22.2. The first kappa shape index (κ1) is 19.7. The van der Waals surface area contributed by atoms with Gasteiger partial charge in [-0.25, -0.2) is 4.98 Å². The molecule has 0 saturated carbocycles. The molecule has 9 heteroatoms. The van der Waals surface area contributed by atoms with Crippen molar-refractivity contribution in [1.82, 2.24) is 25.0 Å². The number of hydrogen-bond donors (Lipinski definition) is 2.